The highest BCUT2D eigenvalue weighted by Gasteiger charge is 2.06. The Morgan fingerprint density at radius 1 is 1.50 bits per heavy atom. The second-order valence-corrected chi connectivity index (χ2v) is 4.99. The Bertz CT molecular complexity index is 367. The Morgan fingerprint density at radius 3 is 2.62 bits per heavy atom. The van der Waals surface area contributed by atoms with Crippen LogP contribution < -0.4 is 10.6 Å². The summed E-state index contributed by atoms with van der Waals surface area (Å²) in [6.07, 6.45) is 1.68. The average Bonchev–Trinajstić information content (AvgIpc) is 2.29. The van der Waals surface area contributed by atoms with E-state index in [1.165, 1.54) is 0 Å². The number of carbonyl (C=O) groups is 1. The van der Waals surface area contributed by atoms with E-state index in [4.69, 9.17) is 0 Å². The van der Waals surface area contributed by atoms with Gasteiger partial charge in [0.05, 0.1) is 6.04 Å². The lowest BCUT2D eigenvalue weighted by Gasteiger charge is -2.12. The normalized spacial score (nSPS) is 11.6. The predicted octanol–water partition coefficient (Wildman–Crippen LogP) is 3.36. The van der Waals surface area contributed by atoms with Crippen LogP contribution in [0.5, 0.6) is 0 Å². The zero-order chi connectivity index (χ0) is 12.0. The molecule has 0 saturated carbocycles. The molecule has 0 fully saturated rings. The first-order valence-electron chi connectivity index (χ1n) is 4.67. The van der Waals surface area contributed by atoms with Gasteiger partial charge in [-0.15, -0.1) is 6.58 Å². The molecular weight excluding hydrogens is 383 g/mol. The minimum Gasteiger partial charge on any atom is -0.331 e. The Morgan fingerprint density at radius 2 is 2.12 bits per heavy atom. The number of carbonyl (C=O) groups excluding carboxylic acids is 1. The van der Waals surface area contributed by atoms with Crippen LogP contribution in [0.3, 0.4) is 0 Å². The summed E-state index contributed by atoms with van der Waals surface area (Å²) >= 11 is 5.50. The molecule has 0 heterocycles. The summed E-state index contributed by atoms with van der Waals surface area (Å²) < 4.78 is 1.13. The molecule has 3 nitrogen and oxygen atoms in total. The van der Waals surface area contributed by atoms with Crippen molar-refractivity contribution in [2.24, 2.45) is 0 Å². The number of alkyl halides is 1. The molecule has 1 rings (SSSR count). The van der Waals surface area contributed by atoms with E-state index in [9.17, 15) is 4.79 Å². The molecule has 5 heteroatoms. The van der Waals surface area contributed by atoms with E-state index < -0.39 is 0 Å². The fourth-order valence-electron chi connectivity index (χ4n) is 1.03. The smallest absolute Gasteiger partial charge is 0.319 e. The number of hydrogen-bond donors (Lipinski definition) is 2. The number of benzene rings is 1. The first-order valence-corrected chi connectivity index (χ1v) is 6.87. The van der Waals surface area contributed by atoms with E-state index in [1.54, 1.807) is 6.08 Å². The molecule has 0 bridgehead atoms. The Balaban J connectivity index is 2.51. The van der Waals surface area contributed by atoms with Gasteiger partial charge in [0.1, 0.15) is 0 Å². The summed E-state index contributed by atoms with van der Waals surface area (Å²) in [7, 11) is 0. The van der Waals surface area contributed by atoms with Gasteiger partial charge in [0.15, 0.2) is 0 Å². The second-order valence-electron chi connectivity index (χ2n) is 3.10. The fraction of sp³-hybridized carbons (Fsp3) is 0.182. The molecule has 0 aliphatic carbocycles. The lowest BCUT2D eigenvalue weighted by atomic mass is 10.3. The molecule has 0 aliphatic rings. The summed E-state index contributed by atoms with van der Waals surface area (Å²) in [5.41, 5.74) is 0.773. The van der Waals surface area contributed by atoms with Crippen LogP contribution in [0.4, 0.5) is 10.5 Å². The van der Waals surface area contributed by atoms with Crippen molar-refractivity contribution in [1.82, 2.24) is 5.32 Å². The molecule has 0 saturated heterocycles. The highest BCUT2D eigenvalue weighted by atomic mass is 127. The maximum Gasteiger partial charge on any atom is 0.319 e. The molecule has 2 amide bonds. The van der Waals surface area contributed by atoms with Crippen molar-refractivity contribution in [1.29, 1.82) is 0 Å². The predicted molar refractivity (Wildman–Crippen MR) is 79.1 cm³/mol. The lowest BCUT2D eigenvalue weighted by Crippen LogP contribution is -2.37. The highest BCUT2D eigenvalue weighted by Crippen LogP contribution is 2.10. The van der Waals surface area contributed by atoms with E-state index in [-0.39, 0.29) is 12.1 Å². The number of hydrogen-bond acceptors (Lipinski definition) is 1. The molecule has 16 heavy (non-hydrogen) atoms. The molecule has 1 aromatic carbocycles. The van der Waals surface area contributed by atoms with Gasteiger partial charge in [0, 0.05) is 14.6 Å². The Kier molecular flexibility index (Phi) is 5.83. The minimum absolute atomic E-state index is 0.0659. The van der Waals surface area contributed by atoms with Crippen molar-refractivity contribution in [3.8, 4) is 0 Å². The summed E-state index contributed by atoms with van der Waals surface area (Å²) in [5, 5.41) is 6.16. The molecule has 0 unspecified atom stereocenters. The number of anilines is 1. The van der Waals surface area contributed by atoms with E-state index in [1.807, 2.05) is 24.3 Å². The quantitative estimate of drug-likeness (QED) is 0.459. The summed E-state index contributed by atoms with van der Waals surface area (Å²) in [6, 6.07) is 7.29. The number of rotatable bonds is 4. The molecule has 0 aliphatic heterocycles. The van der Waals surface area contributed by atoms with Crippen molar-refractivity contribution in [2.75, 3.05) is 10.6 Å². The standard InChI is InChI=1S/C11H12BrIN2O/c1-2-9(7-12)14-11(16)15-10-5-3-8(13)4-6-10/h2-6,9H,1,7H2,(H2,14,15,16)/t9-/m1/s1. The van der Waals surface area contributed by atoms with Crippen molar-refractivity contribution in [3.05, 3.63) is 40.5 Å². The third-order valence-electron chi connectivity index (χ3n) is 1.87. The van der Waals surface area contributed by atoms with Gasteiger partial charge in [-0.25, -0.2) is 4.79 Å². The zero-order valence-corrected chi connectivity index (χ0v) is 12.3. The minimum atomic E-state index is -0.231. The van der Waals surface area contributed by atoms with Crippen LogP contribution in [0.1, 0.15) is 0 Å². The monoisotopic (exact) mass is 394 g/mol. The van der Waals surface area contributed by atoms with Gasteiger partial charge in [0.2, 0.25) is 0 Å². The zero-order valence-electron chi connectivity index (χ0n) is 8.54. The van der Waals surface area contributed by atoms with Gasteiger partial charge in [-0.1, -0.05) is 22.0 Å². The summed E-state index contributed by atoms with van der Waals surface area (Å²) in [4.78, 5) is 11.5. The molecule has 0 spiro atoms. The maximum atomic E-state index is 11.5. The van der Waals surface area contributed by atoms with Crippen molar-refractivity contribution >= 4 is 50.2 Å². The van der Waals surface area contributed by atoms with E-state index in [0.717, 1.165) is 9.26 Å². The number of amides is 2. The van der Waals surface area contributed by atoms with Crippen molar-refractivity contribution < 1.29 is 4.79 Å². The Labute approximate surface area is 117 Å². The molecular formula is C11H12BrIN2O. The molecule has 1 aromatic rings. The first-order chi connectivity index (χ1) is 7.65. The van der Waals surface area contributed by atoms with Crippen LogP contribution in [0, 0.1) is 3.57 Å². The van der Waals surface area contributed by atoms with Gasteiger partial charge < -0.3 is 10.6 Å². The summed E-state index contributed by atoms with van der Waals surface area (Å²) in [6.45, 7) is 3.63. The first kappa shape index (κ1) is 13.5. The van der Waals surface area contributed by atoms with Crippen LogP contribution in [0.25, 0.3) is 0 Å². The number of urea groups is 1. The fourth-order valence-corrected chi connectivity index (χ4v) is 1.82. The molecule has 0 radical (unpaired) electrons. The third-order valence-corrected chi connectivity index (χ3v) is 3.29. The lowest BCUT2D eigenvalue weighted by molar-refractivity contribution is 0.251. The molecule has 0 aromatic heterocycles. The average molecular weight is 395 g/mol. The van der Waals surface area contributed by atoms with E-state index >= 15 is 0 Å². The number of nitrogens with one attached hydrogen (secondary N) is 2. The SMILES string of the molecule is C=C[C@H](CBr)NC(=O)Nc1ccc(I)cc1. The topological polar surface area (TPSA) is 41.1 Å². The molecule has 86 valence electrons. The van der Waals surface area contributed by atoms with Gasteiger partial charge in [0.25, 0.3) is 0 Å². The van der Waals surface area contributed by atoms with Gasteiger partial charge in [-0.3, -0.25) is 0 Å². The Hall–Kier alpha value is -0.560. The third kappa shape index (κ3) is 4.52. The second kappa shape index (κ2) is 6.90. The van der Waals surface area contributed by atoms with Crippen molar-refractivity contribution in [3.63, 3.8) is 0 Å². The van der Waals surface area contributed by atoms with Gasteiger partial charge in [-0.05, 0) is 46.9 Å². The largest absolute Gasteiger partial charge is 0.331 e. The van der Waals surface area contributed by atoms with Gasteiger partial charge >= 0.3 is 6.03 Å². The van der Waals surface area contributed by atoms with Gasteiger partial charge in [-0.2, -0.15) is 0 Å². The van der Waals surface area contributed by atoms with Crippen LogP contribution >= 0.6 is 38.5 Å². The molecule has 1 atom stereocenters. The van der Waals surface area contributed by atoms with Crippen molar-refractivity contribution in [2.45, 2.75) is 6.04 Å². The summed E-state index contributed by atoms with van der Waals surface area (Å²) in [5.74, 6) is 0. The van der Waals surface area contributed by atoms with Crippen LogP contribution in [-0.4, -0.2) is 17.4 Å². The maximum absolute atomic E-state index is 11.5. The van der Waals surface area contributed by atoms with E-state index in [0.29, 0.717) is 5.33 Å². The van der Waals surface area contributed by atoms with Crippen LogP contribution in [0.15, 0.2) is 36.9 Å². The van der Waals surface area contributed by atoms with E-state index in [2.05, 4.69) is 55.7 Å². The molecule has 2 N–H and O–H groups in total. The van der Waals surface area contributed by atoms with Crippen LogP contribution in [0.2, 0.25) is 0 Å². The van der Waals surface area contributed by atoms with Crippen LogP contribution in [-0.2, 0) is 0 Å². The highest BCUT2D eigenvalue weighted by molar-refractivity contribution is 14.1. The number of halogens is 2.